The van der Waals surface area contributed by atoms with Crippen LogP contribution in [0.1, 0.15) is 26.2 Å². The number of carbonyl (C=O) groups is 2. The van der Waals surface area contributed by atoms with E-state index in [-0.39, 0.29) is 18.6 Å². The number of carboxylic acids is 1. The molecule has 98 valence electrons. The summed E-state index contributed by atoms with van der Waals surface area (Å²) in [5.41, 5.74) is 0. The monoisotopic (exact) mass is 244 g/mol. The average Bonchev–Trinajstić information content (AvgIpc) is 2.34. The smallest absolute Gasteiger partial charge is 0.326 e. The third-order valence-corrected chi connectivity index (χ3v) is 2.78. The second-order valence-electron chi connectivity index (χ2n) is 4.13. The first-order chi connectivity index (χ1) is 8.13. The van der Waals surface area contributed by atoms with Crippen molar-refractivity contribution < 1.29 is 19.4 Å². The Morgan fingerprint density at radius 2 is 2.12 bits per heavy atom. The molecule has 1 rings (SSSR count). The van der Waals surface area contributed by atoms with E-state index in [1.54, 1.807) is 6.92 Å². The summed E-state index contributed by atoms with van der Waals surface area (Å²) in [6.07, 6.45) is 2.26. The number of amides is 1. The topological polar surface area (TPSA) is 87.7 Å². The van der Waals surface area contributed by atoms with Gasteiger partial charge < -0.3 is 20.5 Å². The molecule has 0 radical (unpaired) electrons. The summed E-state index contributed by atoms with van der Waals surface area (Å²) in [6.45, 7) is 3.46. The van der Waals surface area contributed by atoms with E-state index in [4.69, 9.17) is 9.84 Å². The first-order valence-corrected chi connectivity index (χ1v) is 5.98. The Kier molecular flexibility index (Phi) is 5.93. The van der Waals surface area contributed by atoms with Crippen LogP contribution in [0.25, 0.3) is 0 Å². The molecule has 6 nitrogen and oxygen atoms in total. The third-order valence-electron chi connectivity index (χ3n) is 2.78. The van der Waals surface area contributed by atoms with Crippen LogP contribution in [0.15, 0.2) is 0 Å². The molecule has 0 saturated carbocycles. The molecule has 1 aliphatic heterocycles. The highest BCUT2D eigenvalue weighted by atomic mass is 16.5. The van der Waals surface area contributed by atoms with Gasteiger partial charge in [0.1, 0.15) is 12.6 Å². The van der Waals surface area contributed by atoms with Gasteiger partial charge in [-0.05, 0) is 32.4 Å². The van der Waals surface area contributed by atoms with E-state index in [2.05, 4.69) is 10.6 Å². The highest BCUT2D eigenvalue weighted by molar-refractivity contribution is 5.84. The zero-order chi connectivity index (χ0) is 12.7. The maximum absolute atomic E-state index is 11.4. The van der Waals surface area contributed by atoms with Crippen LogP contribution < -0.4 is 10.6 Å². The van der Waals surface area contributed by atoms with Gasteiger partial charge in [0.05, 0.1) is 6.10 Å². The van der Waals surface area contributed by atoms with Gasteiger partial charge in [-0.25, -0.2) is 4.79 Å². The summed E-state index contributed by atoms with van der Waals surface area (Å²) >= 11 is 0. The number of carboxylic acid groups (broad SMARTS) is 1. The molecule has 0 aromatic heterocycles. The van der Waals surface area contributed by atoms with Gasteiger partial charge in [0.15, 0.2) is 0 Å². The first-order valence-electron chi connectivity index (χ1n) is 5.98. The molecule has 3 N–H and O–H groups in total. The molecule has 1 heterocycles. The molecule has 1 amide bonds. The van der Waals surface area contributed by atoms with Crippen molar-refractivity contribution >= 4 is 11.9 Å². The summed E-state index contributed by atoms with van der Waals surface area (Å²) < 4.78 is 5.42. The Morgan fingerprint density at radius 1 is 1.47 bits per heavy atom. The second kappa shape index (κ2) is 7.24. The summed E-state index contributed by atoms with van der Waals surface area (Å²) in [6, 6.07) is -0.820. The highest BCUT2D eigenvalue weighted by Gasteiger charge is 2.19. The van der Waals surface area contributed by atoms with Gasteiger partial charge in [-0.2, -0.15) is 0 Å². The fourth-order valence-electron chi connectivity index (χ4n) is 1.73. The van der Waals surface area contributed by atoms with Gasteiger partial charge >= 0.3 is 5.97 Å². The van der Waals surface area contributed by atoms with Crippen LogP contribution in [0.5, 0.6) is 0 Å². The van der Waals surface area contributed by atoms with E-state index in [1.165, 1.54) is 0 Å². The van der Waals surface area contributed by atoms with Crippen LogP contribution in [0, 0.1) is 0 Å². The number of piperidine rings is 1. The number of hydrogen-bond acceptors (Lipinski definition) is 4. The fourth-order valence-corrected chi connectivity index (χ4v) is 1.73. The largest absolute Gasteiger partial charge is 0.480 e. The van der Waals surface area contributed by atoms with Crippen LogP contribution in [-0.4, -0.2) is 48.8 Å². The van der Waals surface area contributed by atoms with Gasteiger partial charge in [0.25, 0.3) is 0 Å². The van der Waals surface area contributed by atoms with Crippen molar-refractivity contribution in [3.8, 4) is 0 Å². The normalized spacial score (nSPS) is 18.6. The molecule has 0 spiro atoms. The summed E-state index contributed by atoms with van der Waals surface area (Å²) in [5.74, 6) is -1.37. The SMILES string of the molecule is CCC(NC(=O)COC1CCNCC1)C(=O)O. The molecule has 1 saturated heterocycles. The quantitative estimate of drug-likeness (QED) is 0.599. The van der Waals surface area contributed by atoms with Crippen molar-refractivity contribution in [1.82, 2.24) is 10.6 Å². The molecule has 0 aromatic rings. The molecule has 1 aliphatic rings. The van der Waals surface area contributed by atoms with Crippen molar-refractivity contribution in [2.75, 3.05) is 19.7 Å². The van der Waals surface area contributed by atoms with Gasteiger partial charge in [-0.1, -0.05) is 6.92 Å². The predicted molar refractivity (Wildman–Crippen MR) is 61.7 cm³/mol. The lowest BCUT2D eigenvalue weighted by Crippen LogP contribution is -2.43. The molecule has 1 unspecified atom stereocenters. The Morgan fingerprint density at radius 3 is 2.65 bits per heavy atom. The minimum Gasteiger partial charge on any atom is -0.480 e. The first kappa shape index (κ1) is 13.9. The molecule has 6 heteroatoms. The van der Waals surface area contributed by atoms with E-state index in [0.717, 1.165) is 25.9 Å². The van der Waals surface area contributed by atoms with Gasteiger partial charge in [-0.3, -0.25) is 4.79 Å². The van der Waals surface area contributed by atoms with Gasteiger partial charge in [0.2, 0.25) is 5.91 Å². The van der Waals surface area contributed by atoms with Crippen molar-refractivity contribution in [2.45, 2.75) is 38.3 Å². The van der Waals surface area contributed by atoms with E-state index in [9.17, 15) is 9.59 Å². The molecule has 17 heavy (non-hydrogen) atoms. The van der Waals surface area contributed by atoms with E-state index < -0.39 is 12.0 Å². The molecule has 1 fully saturated rings. The lowest BCUT2D eigenvalue weighted by Gasteiger charge is -2.23. The second-order valence-corrected chi connectivity index (χ2v) is 4.13. The molecular formula is C11H20N2O4. The third kappa shape index (κ3) is 5.14. The number of rotatable bonds is 6. The zero-order valence-electron chi connectivity index (χ0n) is 10.1. The van der Waals surface area contributed by atoms with Crippen LogP contribution >= 0.6 is 0 Å². The van der Waals surface area contributed by atoms with Crippen molar-refractivity contribution in [3.05, 3.63) is 0 Å². The van der Waals surface area contributed by atoms with E-state index in [1.807, 2.05) is 0 Å². The molecular weight excluding hydrogens is 224 g/mol. The molecule has 0 aliphatic carbocycles. The number of aliphatic carboxylic acids is 1. The van der Waals surface area contributed by atoms with Crippen LogP contribution in [0.4, 0.5) is 0 Å². The molecule has 0 aromatic carbocycles. The van der Waals surface area contributed by atoms with Crippen molar-refractivity contribution in [2.24, 2.45) is 0 Å². The van der Waals surface area contributed by atoms with Crippen molar-refractivity contribution in [1.29, 1.82) is 0 Å². The van der Waals surface area contributed by atoms with E-state index >= 15 is 0 Å². The Balaban J connectivity index is 2.21. The zero-order valence-corrected chi connectivity index (χ0v) is 10.1. The average molecular weight is 244 g/mol. The van der Waals surface area contributed by atoms with E-state index in [0.29, 0.717) is 6.42 Å². The molecule has 0 bridgehead atoms. The maximum Gasteiger partial charge on any atom is 0.326 e. The fraction of sp³-hybridized carbons (Fsp3) is 0.818. The minimum atomic E-state index is -1.01. The van der Waals surface area contributed by atoms with Crippen LogP contribution in [0.3, 0.4) is 0 Å². The summed E-state index contributed by atoms with van der Waals surface area (Å²) in [7, 11) is 0. The predicted octanol–water partition coefficient (Wildman–Crippen LogP) is -0.266. The molecule has 1 atom stereocenters. The standard InChI is InChI=1S/C11H20N2O4/c1-2-9(11(15)16)13-10(14)7-17-8-3-5-12-6-4-8/h8-9,12H,2-7H2,1H3,(H,13,14)(H,15,16). The number of ether oxygens (including phenoxy) is 1. The minimum absolute atomic E-state index is 0.0611. The summed E-state index contributed by atoms with van der Waals surface area (Å²) in [4.78, 5) is 22.2. The van der Waals surface area contributed by atoms with Crippen LogP contribution in [0.2, 0.25) is 0 Å². The highest BCUT2D eigenvalue weighted by Crippen LogP contribution is 2.06. The summed E-state index contributed by atoms with van der Waals surface area (Å²) in [5, 5.41) is 14.4. The number of hydrogen-bond donors (Lipinski definition) is 3. The lowest BCUT2D eigenvalue weighted by atomic mass is 10.1. The Labute approximate surface area is 101 Å². The van der Waals surface area contributed by atoms with Crippen molar-refractivity contribution in [3.63, 3.8) is 0 Å². The van der Waals surface area contributed by atoms with Gasteiger partial charge in [0, 0.05) is 0 Å². The van der Waals surface area contributed by atoms with Crippen LogP contribution in [-0.2, 0) is 14.3 Å². The lowest BCUT2D eigenvalue weighted by molar-refractivity contribution is -0.143. The number of carbonyl (C=O) groups excluding carboxylic acids is 1. The number of nitrogens with one attached hydrogen (secondary N) is 2. The Bertz CT molecular complexity index is 264. The van der Waals surface area contributed by atoms with Gasteiger partial charge in [-0.15, -0.1) is 0 Å². The Hall–Kier alpha value is -1.14. The maximum atomic E-state index is 11.4.